The van der Waals surface area contributed by atoms with E-state index in [-0.39, 0.29) is 18.0 Å². The first-order valence-electron chi connectivity index (χ1n) is 10.6. The number of carbonyl (C=O) groups excluding carboxylic acids is 2. The molecule has 0 spiro atoms. The Morgan fingerprint density at radius 1 is 1.19 bits per heavy atom. The largest absolute Gasteiger partial charge is 0.496 e. The SMILES string of the molecule is CC(C)(C)OC(=O)N1CCC(NC(=O)c2ccc(B3OC(C)(C)C(C)(C)O3)c(Cl)c2)C1. The van der Waals surface area contributed by atoms with E-state index in [2.05, 4.69) is 5.32 Å². The Morgan fingerprint density at radius 3 is 2.35 bits per heavy atom. The lowest BCUT2D eigenvalue weighted by Crippen LogP contribution is -2.41. The van der Waals surface area contributed by atoms with Gasteiger partial charge in [-0.1, -0.05) is 17.7 Å². The first-order valence-corrected chi connectivity index (χ1v) is 11.0. The zero-order chi connectivity index (χ0) is 23.2. The minimum atomic E-state index is -0.591. The Kier molecular flexibility index (Phi) is 6.40. The third kappa shape index (κ3) is 5.36. The number of hydrogen-bond acceptors (Lipinski definition) is 5. The van der Waals surface area contributed by atoms with Crippen molar-refractivity contribution in [3.8, 4) is 0 Å². The summed E-state index contributed by atoms with van der Waals surface area (Å²) in [5.74, 6) is -0.238. The minimum absolute atomic E-state index is 0.137. The maximum atomic E-state index is 12.7. The average Bonchev–Trinajstić information content (AvgIpc) is 3.15. The molecule has 0 bridgehead atoms. The van der Waals surface area contributed by atoms with E-state index in [4.69, 9.17) is 25.6 Å². The van der Waals surface area contributed by atoms with Gasteiger partial charge in [-0.15, -0.1) is 0 Å². The predicted molar refractivity (Wildman–Crippen MR) is 121 cm³/mol. The molecule has 1 atom stereocenters. The van der Waals surface area contributed by atoms with Crippen LogP contribution in [0.25, 0.3) is 0 Å². The lowest BCUT2D eigenvalue weighted by Gasteiger charge is -2.32. The molecule has 9 heteroatoms. The van der Waals surface area contributed by atoms with Gasteiger partial charge in [-0.3, -0.25) is 4.79 Å². The van der Waals surface area contributed by atoms with Crippen molar-refractivity contribution >= 4 is 36.2 Å². The molecule has 1 unspecified atom stereocenters. The van der Waals surface area contributed by atoms with Crippen molar-refractivity contribution in [1.29, 1.82) is 0 Å². The number of nitrogens with one attached hydrogen (secondary N) is 1. The van der Waals surface area contributed by atoms with Gasteiger partial charge in [0.25, 0.3) is 5.91 Å². The Labute approximate surface area is 189 Å². The summed E-state index contributed by atoms with van der Waals surface area (Å²) in [7, 11) is -0.591. The zero-order valence-corrected chi connectivity index (χ0v) is 20.1. The summed E-state index contributed by atoms with van der Waals surface area (Å²) in [5.41, 5.74) is -0.359. The number of carbonyl (C=O) groups is 2. The number of halogens is 1. The fourth-order valence-corrected chi connectivity index (χ4v) is 3.74. The molecule has 2 saturated heterocycles. The molecule has 3 rings (SSSR count). The number of hydrogen-bond donors (Lipinski definition) is 1. The van der Waals surface area contributed by atoms with Gasteiger partial charge in [-0.25, -0.2) is 4.79 Å². The van der Waals surface area contributed by atoms with Gasteiger partial charge in [0.2, 0.25) is 0 Å². The second kappa shape index (κ2) is 8.30. The van der Waals surface area contributed by atoms with Crippen molar-refractivity contribution in [2.75, 3.05) is 13.1 Å². The third-order valence-electron chi connectivity index (χ3n) is 5.94. The van der Waals surface area contributed by atoms with E-state index in [9.17, 15) is 9.59 Å². The van der Waals surface area contributed by atoms with Crippen molar-refractivity contribution in [2.45, 2.75) is 77.7 Å². The van der Waals surface area contributed by atoms with Crippen LogP contribution >= 0.6 is 11.6 Å². The van der Waals surface area contributed by atoms with E-state index in [1.807, 2.05) is 48.5 Å². The number of nitrogens with zero attached hydrogens (tertiary/aromatic N) is 1. The summed E-state index contributed by atoms with van der Waals surface area (Å²) in [6.07, 6.45) is 0.309. The van der Waals surface area contributed by atoms with Crippen LogP contribution in [-0.4, -0.2) is 60.0 Å². The van der Waals surface area contributed by atoms with Crippen LogP contribution in [0.2, 0.25) is 5.02 Å². The van der Waals surface area contributed by atoms with E-state index in [0.29, 0.717) is 35.6 Å². The highest BCUT2D eigenvalue weighted by molar-refractivity contribution is 6.65. The summed E-state index contributed by atoms with van der Waals surface area (Å²) < 4.78 is 17.5. The quantitative estimate of drug-likeness (QED) is 0.714. The number of ether oxygens (including phenoxy) is 1. The van der Waals surface area contributed by atoms with Gasteiger partial charge in [-0.05, 0) is 67.0 Å². The standard InChI is InChI=1S/C22H32BClN2O5/c1-20(2,3)29-19(28)26-11-10-15(13-26)25-18(27)14-8-9-16(17(24)12-14)23-30-21(4,5)22(6,7)31-23/h8-9,12,15H,10-11,13H2,1-7H3,(H,25,27). The molecule has 2 fully saturated rings. The molecular formula is C22H32BClN2O5. The van der Waals surface area contributed by atoms with Crippen LogP contribution in [0.3, 0.4) is 0 Å². The van der Waals surface area contributed by atoms with E-state index >= 15 is 0 Å². The minimum Gasteiger partial charge on any atom is -0.444 e. The smallest absolute Gasteiger partial charge is 0.444 e. The van der Waals surface area contributed by atoms with Crippen LogP contribution in [0.4, 0.5) is 4.79 Å². The fraction of sp³-hybridized carbons (Fsp3) is 0.636. The topological polar surface area (TPSA) is 77.1 Å². The molecule has 2 aliphatic rings. The number of rotatable bonds is 3. The summed E-state index contributed by atoms with van der Waals surface area (Å²) in [6.45, 7) is 14.4. The second-order valence-electron chi connectivity index (χ2n) is 10.2. The van der Waals surface area contributed by atoms with Crippen LogP contribution in [0.15, 0.2) is 18.2 Å². The summed E-state index contributed by atoms with van der Waals surface area (Å²) in [5, 5.41) is 3.39. The molecule has 0 aliphatic carbocycles. The predicted octanol–water partition coefficient (Wildman–Crippen LogP) is 3.38. The van der Waals surface area contributed by atoms with Crippen LogP contribution in [0, 0.1) is 0 Å². The van der Waals surface area contributed by atoms with Gasteiger partial charge in [0.1, 0.15) is 5.60 Å². The number of likely N-dealkylation sites (tertiary alicyclic amines) is 1. The second-order valence-corrected chi connectivity index (χ2v) is 10.6. The molecule has 31 heavy (non-hydrogen) atoms. The van der Waals surface area contributed by atoms with Gasteiger partial charge in [0.05, 0.1) is 11.2 Å². The Morgan fingerprint density at radius 2 is 1.81 bits per heavy atom. The highest BCUT2D eigenvalue weighted by atomic mass is 35.5. The zero-order valence-electron chi connectivity index (χ0n) is 19.4. The van der Waals surface area contributed by atoms with Crippen LogP contribution in [-0.2, 0) is 14.0 Å². The summed E-state index contributed by atoms with van der Waals surface area (Å²) >= 11 is 6.47. The van der Waals surface area contributed by atoms with Gasteiger partial charge < -0.3 is 24.3 Å². The van der Waals surface area contributed by atoms with E-state index in [0.717, 1.165) is 0 Å². The first-order chi connectivity index (χ1) is 14.2. The number of benzene rings is 1. The maximum Gasteiger partial charge on any atom is 0.496 e. The monoisotopic (exact) mass is 450 g/mol. The van der Waals surface area contributed by atoms with Crippen LogP contribution < -0.4 is 10.8 Å². The molecule has 2 amide bonds. The molecule has 1 N–H and O–H groups in total. The molecule has 0 saturated carbocycles. The fourth-order valence-electron chi connectivity index (χ4n) is 3.47. The van der Waals surface area contributed by atoms with Crippen molar-refractivity contribution in [1.82, 2.24) is 10.2 Å². The van der Waals surface area contributed by atoms with Gasteiger partial charge in [0.15, 0.2) is 0 Å². The van der Waals surface area contributed by atoms with Gasteiger partial charge in [-0.2, -0.15) is 0 Å². The van der Waals surface area contributed by atoms with Crippen molar-refractivity contribution in [3.05, 3.63) is 28.8 Å². The highest BCUT2D eigenvalue weighted by Gasteiger charge is 2.52. The average molecular weight is 451 g/mol. The molecule has 1 aromatic carbocycles. The van der Waals surface area contributed by atoms with E-state index < -0.39 is 23.9 Å². The molecule has 170 valence electrons. The summed E-state index contributed by atoms with van der Waals surface area (Å²) in [6, 6.07) is 4.96. The highest BCUT2D eigenvalue weighted by Crippen LogP contribution is 2.37. The van der Waals surface area contributed by atoms with E-state index in [1.54, 1.807) is 23.1 Å². The van der Waals surface area contributed by atoms with E-state index in [1.165, 1.54) is 0 Å². The third-order valence-corrected chi connectivity index (χ3v) is 6.27. The Hall–Kier alpha value is -1.77. The Bertz CT molecular complexity index is 852. The van der Waals surface area contributed by atoms with Gasteiger partial charge in [0, 0.05) is 35.2 Å². The molecule has 1 aromatic rings. The molecule has 0 radical (unpaired) electrons. The first kappa shape index (κ1) is 23.9. The van der Waals surface area contributed by atoms with Crippen molar-refractivity contribution < 1.29 is 23.6 Å². The molecular weight excluding hydrogens is 419 g/mol. The molecule has 0 aromatic heterocycles. The lowest BCUT2D eigenvalue weighted by molar-refractivity contribution is 0.00578. The molecule has 2 heterocycles. The van der Waals surface area contributed by atoms with Gasteiger partial charge >= 0.3 is 13.2 Å². The maximum absolute atomic E-state index is 12.7. The molecule has 2 aliphatic heterocycles. The summed E-state index contributed by atoms with van der Waals surface area (Å²) in [4.78, 5) is 26.6. The molecule has 7 nitrogen and oxygen atoms in total. The Balaban J connectivity index is 1.61. The van der Waals surface area contributed by atoms with Crippen molar-refractivity contribution in [3.63, 3.8) is 0 Å². The number of amides is 2. The van der Waals surface area contributed by atoms with Crippen LogP contribution in [0.1, 0.15) is 65.2 Å². The van der Waals surface area contributed by atoms with Crippen molar-refractivity contribution in [2.24, 2.45) is 0 Å². The normalized spacial score (nSPS) is 22.5. The van der Waals surface area contributed by atoms with Crippen LogP contribution in [0.5, 0.6) is 0 Å². The lowest BCUT2D eigenvalue weighted by atomic mass is 9.78.